The van der Waals surface area contributed by atoms with Gasteiger partial charge in [0, 0.05) is 11.3 Å². The average molecular weight is 152 g/mol. The van der Waals surface area contributed by atoms with Crippen molar-refractivity contribution in [3.05, 3.63) is 0 Å². The summed E-state index contributed by atoms with van der Waals surface area (Å²) < 4.78 is 0. The first-order chi connectivity index (χ1) is 5.22. The lowest BCUT2D eigenvalue weighted by molar-refractivity contribution is -0.128. The van der Waals surface area contributed by atoms with Crippen LogP contribution in [0.5, 0.6) is 0 Å². The summed E-state index contributed by atoms with van der Waals surface area (Å²) in [6.45, 7) is 2.17. The van der Waals surface area contributed by atoms with Gasteiger partial charge in [0.1, 0.15) is 5.78 Å². The minimum absolute atomic E-state index is 0.0984. The largest absolute Gasteiger partial charge is 0.299 e. The van der Waals surface area contributed by atoms with E-state index >= 15 is 0 Å². The van der Waals surface area contributed by atoms with Crippen LogP contribution >= 0.6 is 0 Å². The Labute approximate surface area is 68.2 Å². The number of rotatable bonds is 2. The van der Waals surface area contributed by atoms with Crippen LogP contribution in [-0.4, -0.2) is 5.78 Å². The summed E-state index contributed by atoms with van der Waals surface area (Å²) in [6.07, 6.45) is 7.21. The van der Waals surface area contributed by atoms with E-state index in [0.29, 0.717) is 11.7 Å². The van der Waals surface area contributed by atoms with Gasteiger partial charge in [-0.1, -0.05) is 19.8 Å². The normalized spacial score (nSPS) is 28.8. The Morgan fingerprint density at radius 2 is 1.82 bits per heavy atom. The summed E-state index contributed by atoms with van der Waals surface area (Å²) in [5.41, 5.74) is 0.0984. The highest BCUT2D eigenvalue weighted by molar-refractivity contribution is 5.88. The van der Waals surface area contributed by atoms with E-state index in [-0.39, 0.29) is 5.41 Å². The molecular weight excluding hydrogens is 136 g/mol. The van der Waals surface area contributed by atoms with Crippen molar-refractivity contribution < 1.29 is 4.79 Å². The predicted octanol–water partition coefficient (Wildman–Crippen LogP) is 2.55. The molecule has 0 heterocycles. The Hall–Kier alpha value is -0.330. The third-order valence-electron chi connectivity index (χ3n) is 3.25. The number of hydrogen-bond acceptors (Lipinski definition) is 1. The van der Waals surface area contributed by atoms with Gasteiger partial charge in [0.2, 0.25) is 0 Å². The second-order valence-corrected chi connectivity index (χ2v) is 4.41. The van der Waals surface area contributed by atoms with Gasteiger partial charge in [-0.15, -0.1) is 0 Å². The highest BCUT2D eigenvalue weighted by Crippen LogP contribution is 2.45. The second kappa shape index (κ2) is 2.33. The van der Waals surface area contributed by atoms with Gasteiger partial charge in [-0.3, -0.25) is 4.79 Å². The monoisotopic (exact) mass is 152 g/mol. The molecule has 2 rings (SSSR count). The van der Waals surface area contributed by atoms with Gasteiger partial charge in [-0.25, -0.2) is 0 Å². The quantitative estimate of drug-likeness (QED) is 0.594. The maximum Gasteiger partial charge on any atom is 0.141 e. The van der Waals surface area contributed by atoms with E-state index in [4.69, 9.17) is 0 Å². The van der Waals surface area contributed by atoms with Gasteiger partial charge < -0.3 is 0 Å². The minimum atomic E-state index is 0.0984. The van der Waals surface area contributed by atoms with Gasteiger partial charge in [-0.05, 0) is 25.7 Å². The molecule has 0 unspecified atom stereocenters. The topological polar surface area (TPSA) is 17.1 Å². The number of carbonyl (C=O) groups is 1. The summed E-state index contributed by atoms with van der Waals surface area (Å²) in [5, 5.41) is 0. The lowest BCUT2D eigenvalue weighted by atomic mass is 9.82. The molecule has 1 nitrogen and oxygen atoms in total. The molecule has 0 radical (unpaired) electrons. The molecule has 2 aliphatic carbocycles. The number of ketones is 1. The molecule has 0 aromatic rings. The molecule has 0 spiro atoms. The van der Waals surface area contributed by atoms with E-state index in [9.17, 15) is 4.79 Å². The number of carbonyl (C=O) groups excluding carboxylic acids is 1. The molecule has 2 saturated carbocycles. The van der Waals surface area contributed by atoms with Gasteiger partial charge in [0.25, 0.3) is 0 Å². The zero-order valence-electron chi connectivity index (χ0n) is 7.23. The van der Waals surface area contributed by atoms with E-state index in [1.807, 2.05) is 0 Å². The number of hydrogen-bond donors (Lipinski definition) is 0. The van der Waals surface area contributed by atoms with Crippen LogP contribution in [0.15, 0.2) is 0 Å². The Balaban J connectivity index is 2.05. The lowest BCUT2D eigenvalue weighted by Gasteiger charge is -2.20. The molecule has 1 heteroatoms. The SMILES string of the molecule is CC1(C(=O)C2CC2)CCCC1. The fourth-order valence-corrected chi connectivity index (χ4v) is 2.24. The maximum absolute atomic E-state index is 11.7. The lowest BCUT2D eigenvalue weighted by Crippen LogP contribution is -2.25. The summed E-state index contributed by atoms with van der Waals surface area (Å²) in [7, 11) is 0. The van der Waals surface area contributed by atoms with Crippen LogP contribution < -0.4 is 0 Å². The molecule has 0 atom stereocenters. The molecular formula is C10H16O. The molecule has 0 aromatic heterocycles. The molecule has 11 heavy (non-hydrogen) atoms. The third kappa shape index (κ3) is 1.21. The van der Waals surface area contributed by atoms with Crippen LogP contribution in [0.2, 0.25) is 0 Å². The fourth-order valence-electron chi connectivity index (χ4n) is 2.24. The highest BCUT2D eigenvalue weighted by atomic mass is 16.1. The Kier molecular flexibility index (Phi) is 1.55. The molecule has 0 aliphatic heterocycles. The first kappa shape index (κ1) is 7.33. The van der Waals surface area contributed by atoms with Gasteiger partial charge in [-0.2, -0.15) is 0 Å². The first-order valence-corrected chi connectivity index (χ1v) is 4.77. The van der Waals surface area contributed by atoms with E-state index in [1.165, 1.54) is 25.7 Å². The fraction of sp³-hybridized carbons (Fsp3) is 0.900. The Bertz CT molecular complexity index is 173. The van der Waals surface area contributed by atoms with Crippen LogP contribution in [0.3, 0.4) is 0 Å². The zero-order valence-corrected chi connectivity index (χ0v) is 7.23. The van der Waals surface area contributed by atoms with E-state index in [0.717, 1.165) is 12.8 Å². The summed E-state index contributed by atoms with van der Waals surface area (Å²) in [6, 6.07) is 0. The van der Waals surface area contributed by atoms with Crippen LogP contribution in [0.4, 0.5) is 0 Å². The van der Waals surface area contributed by atoms with E-state index in [1.54, 1.807) is 0 Å². The first-order valence-electron chi connectivity index (χ1n) is 4.77. The van der Waals surface area contributed by atoms with Crippen molar-refractivity contribution in [1.82, 2.24) is 0 Å². The molecule has 0 amide bonds. The predicted molar refractivity (Wildman–Crippen MR) is 44.3 cm³/mol. The van der Waals surface area contributed by atoms with Crippen molar-refractivity contribution in [2.45, 2.75) is 45.4 Å². The van der Waals surface area contributed by atoms with Crippen LogP contribution in [0.25, 0.3) is 0 Å². The summed E-state index contributed by atoms with van der Waals surface area (Å²) >= 11 is 0. The van der Waals surface area contributed by atoms with Crippen molar-refractivity contribution in [3.8, 4) is 0 Å². The molecule has 0 bridgehead atoms. The molecule has 0 aromatic carbocycles. The van der Waals surface area contributed by atoms with E-state index < -0.39 is 0 Å². The van der Waals surface area contributed by atoms with Gasteiger partial charge >= 0.3 is 0 Å². The molecule has 2 aliphatic rings. The van der Waals surface area contributed by atoms with E-state index in [2.05, 4.69) is 6.92 Å². The van der Waals surface area contributed by atoms with Crippen molar-refractivity contribution in [3.63, 3.8) is 0 Å². The van der Waals surface area contributed by atoms with Gasteiger partial charge in [0.05, 0.1) is 0 Å². The minimum Gasteiger partial charge on any atom is -0.299 e. The molecule has 0 N–H and O–H groups in total. The summed E-state index contributed by atoms with van der Waals surface area (Å²) in [4.78, 5) is 11.7. The Morgan fingerprint density at radius 3 is 2.27 bits per heavy atom. The van der Waals surface area contributed by atoms with Crippen molar-refractivity contribution >= 4 is 5.78 Å². The van der Waals surface area contributed by atoms with Crippen LogP contribution in [-0.2, 0) is 4.79 Å². The van der Waals surface area contributed by atoms with Crippen molar-refractivity contribution in [1.29, 1.82) is 0 Å². The van der Waals surface area contributed by atoms with Crippen molar-refractivity contribution in [2.75, 3.05) is 0 Å². The van der Waals surface area contributed by atoms with Crippen LogP contribution in [0.1, 0.15) is 45.4 Å². The molecule has 62 valence electrons. The average Bonchev–Trinajstić information content (AvgIpc) is 2.74. The Morgan fingerprint density at radius 1 is 1.27 bits per heavy atom. The summed E-state index contributed by atoms with van der Waals surface area (Å²) in [5.74, 6) is 1.05. The van der Waals surface area contributed by atoms with Crippen molar-refractivity contribution in [2.24, 2.45) is 11.3 Å². The second-order valence-electron chi connectivity index (χ2n) is 4.41. The third-order valence-corrected chi connectivity index (χ3v) is 3.25. The highest BCUT2D eigenvalue weighted by Gasteiger charge is 2.43. The maximum atomic E-state index is 11.7. The smallest absolute Gasteiger partial charge is 0.141 e. The zero-order chi connectivity index (χ0) is 7.90. The molecule has 2 fully saturated rings. The number of Topliss-reactive ketones (excluding diaryl/α,β-unsaturated/α-hetero) is 1. The van der Waals surface area contributed by atoms with Gasteiger partial charge in [0.15, 0.2) is 0 Å². The molecule has 0 saturated heterocycles. The van der Waals surface area contributed by atoms with Crippen LogP contribution in [0, 0.1) is 11.3 Å². The standard InChI is InChI=1S/C10H16O/c1-10(6-2-3-7-10)9(11)8-4-5-8/h8H,2-7H2,1H3.